The van der Waals surface area contributed by atoms with Gasteiger partial charge in [-0.1, -0.05) is 6.42 Å². The monoisotopic (exact) mass is 543 g/mol. The van der Waals surface area contributed by atoms with Gasteiger partial charge in [-0.05, 0) is 82.2 Å². The van der Waals surface area contributed by atoms with Crippen LogP contribution in [0, 0.1) is 5.92 Å². The lowest BCUT2D eigenvalue weighted by Crippen LogP contribution is -2.36. The molecule has 5 rings (SSSR count). The summed E-state index contributed by atoms with van der Waals surface area (Å²) in [6, 6.07) is 5.02. The number of nitrogens with one attached hydrogen (secondary N) is 2. The minimum absolute atomic E-state index is 0.203. The summed E-state index contributed by atoms with van der Waals surface area (Å²) in [5.74, 6) is 0.612. The normalized spacial score (nSPS) is 19.7. The van der Waals surface area contributed by atoms with Crippen LogP contribution in [0.25, 0.3) is 11.0 Å². The predicted molar refractivity (Wildman–Crippen MR) is 152 cm³/mol. The van der Waals surface area contributed by atoms with Crippen LogP contribution in [-0.4, -0.2) is 78.5 Å². The molecule has 1 aromatic heterocycles. The first-order chi connectivity index (χ1) is 18.9. The Bertz CT molecular complexity index is 1140. The molecular formula is C29H45N5O5. The van der Waals surface area contributed by atoms with Crippen molar-refractivity contribution >= 4 is 28.9 Å². The van der Waals surface area contributed by atoms with Crippen molar-refractivity contribution < 1.29 is 19.4 Å². The molecule has 1 atom stereocenters. The number of piperidine rings is 2. The van der Waals surface area contributed by atoms with Crippen molar-refractivity contribution in [2.24, 2.45) is 13.0 Å². The number of carbonyl (C=O) groups is 2. The van der Waals surface area contributed by atoms with E-state index in [1.54, 1.807) is 7.05 Å². The second-order valence-corrected chi connectivity index (χ2v) is 11.1. The number of aromatic nitrogens is 2. The van der Waals surface area contributed by atoms with Gasteiger partial charge < -0.3 is 30.2 Å². The van der Waals surface area contributed by atoms with E-state index in [9.17, 15) is 19.5 Å². The highest BCUT2D eigenvalue weighted by Crippen LogP contribution is 2.28. The lowest BCUT2D eigenvalue weighted by Gasteiger charge is -2.31. The lowest BCUT2D eigenvalue weighted by molar-refractivity contribution is -0.124. The highest BCUT2D eigenvalue weighted by molar-refractivity contribution is 5.85. The second-order valence-electron chi connectivity index (χ2n) is 11.1. The molecule has 1 unspecified atom stereocenters. The molecule has 3 N–H and O–H groups in total. The SMILES string of the molecule is C1CC(COC2CCNCC2)C1.CNC(=O)C(CCC=O)n1c(=O)n(C)c2cc(N3CCC(O)CC3)ccc21. The standard InChI is InChI=1S/C19H26N4O4.C10H19NO/c1-20-18(26)16(4-3-11-24)23-15-6-5-13(12-17(15)21(2)19(23)27)22-9-7-14(25)8-10-22;1-2-9(3-1)8-12-10-4-6-11-7-5-10/h5-6,11-12,14,16,25H,3-4,7-10H2,1-2H3,(H,20,26);9-11H,1-8H2. The molecule has 3 heterocycles. The topological polar surface area (TPSA) is 118 Å². The molecule has 10 nitrogen and oxygen atoms in total. The molecule has 2 aliphatic heterocycles. The summed E-state index contributed by atoms with van der Waals surface area (Å²) in [6.07, 6.45) is 9.67. The fourth-order valence-corrected chi connectivity index (χ4v) is 5.64. The molecule has 39 heavy (non-hydrogen) atoms. The van der Waals surface area contributed by atoms with Crippen LogP contribution in [0.15, 0.2) is 23.0 Å². The van der Waals surface area contributed by atoms with Gasteiger partial charge in [0.1, 0.15) is 12.3 Å². The second kappa shape index (κ2) is 14.1. The van der Waals surface area contributed by atoms with Gasteiger partial charge >= 0.3 is 5.69 Å². The molecule has 1 aliphatic carbocycles. The van der Waals surface area contributed by atoms with E-state index in [4.69, 9.17) is 4.74 Å². The zero-order valence-electron chi connectivity index (χ0n) is 23.4. The third-order valence-electron chi connectivity index (χ3n) is 8.40. The first kappa shape index (κ1) is 29.3. The zero-order chi connectivity index (χ0) is 27.8. The van der Waals surface area contributed by atoms with Crippen LogP contribution < -0.4 is 21.2 Å². The van der Waals surface area contributed by atoms with E-state index in [1.165, 1.54) is 48.3 Å². The van der Waals surface area contributed by atoms with Gasteiger partial charge in [0.25, 0.3) is 0 Å². The van der Waals surface area contributed by atoms with Crippen LogP contribution >= 0.6 is 0 Å². The predicted octanol–water partition coefficient (Wildman–Crippen LogP) is 2.12. The number of anilines is 1. The van der Waals surface area contributed by atoms with Crippen LogP contribution in [0.1, 0.15) is 63.8 Å². The number of hydrogen-bond acceptors (Lipinski definition) is 7. The molecular weight excluding hydrogens is 498 g/mol. The molecule has 3 fully saturated rings. The van der Waals surface area contributed by atoms with Gasteiger partial charge in [0.05, 0.1) is 23.2 Å². The molecule has 1 saturated carbocycles. The summed E-state index contributed by atoms with van der Waals surface area (Å²) in [6.45, 7) is 4.86. The smallest absolute Gasteiger partial charge is 0.329 e. The number of amides is 1. The lowest BCUT2D eigenvalue weighted by atomic mass is 9.86. The van der Waals surface area contributed by atoms with E-state index in [1.807, 2.05) is 18.2 Å². The van der Waals surface area contributed by atoms with Crippen LogP contribution in [0.3, 0.4) is 0 Å². The van der Waals surface area contributed by atoms with E-state index in [-0.39, 0.29) is 30.5 Å². The maximum atomic E-state index is 12.9. The summed E-state index contributed by atoms with van der Waals surface area (Å²) in [7, 11) is 3.21. The first-order valence-electron chi connectivity index (χ1n) is 14.5. The summed E-state index contributed by atoms with van der Waals surface area (Å²) >= 11 is 0. The van der Waals surface area contributed by atoms with Crippen molar-refractivity contribution in [2.75, 3.05) is 44.7 Å². The van der Waals surface area contributed by atoms with Gasteiger partial charge in [-0.2, -0.15) is 0 Å². The van der Waals surface area contributed by atoms with Gasteiger partial charge in [0.2, 0.25) is 5.91 Å². The number of ether oxygens (including phenoxy) is 1. The Balaban J connectivity index is 0.000000243. The number of hydrogen-bond donors (Lipinski definition) is 3. The van der Waals surface area contributed by atoms with Crippen LogP contribution in [0.5, 0.6) is 0 Å². The Kier molecular flexibility index (Phi) is 10.6. The summed E-state index contributed by atoms with van der Waals surface area (Å²) in [5, 5.41) is 15.6. The zero-order valence-corrected chi connectivity index (χ0v) is 23.4. The highest BCUT2D eigenvalue weighted by Gasteiger charge is 2.26. The molecule has 10 heteroatoms. The number of carbonyl (C=O) groups excluding carboxylic acids is 2. The molecule has 2 saturated heterocycles. The number of imidazole rings is 1. The van der Waals surface area contributed by atoms with Crippen LogP contribution in [-0.2, 0) is 21.4 Å². The van der Waals surface area contributed by atoms with E-state index < -0.39 is 6.04 Å². The number of nitrogens with zero attached hydrogens (tertiary/aromatic N) is 3. The van der Waals surface area contributed by atoms with Gasteiger partial charge in [0.15, 0.2) is 0 Å². The third-order valence-corrected chi connectivity index (χ3v) is 8.40. The summed E-state index contributed by atoms with van der Waals surface area (Å²) < 4.78 is 8.86. The summed E-state index contributed by atoms with van der Waals surface area (Å²) in [5.41, 5.74) is 2.12. The quantitative estimate of drug-likeness (QED) is 0.415. The number of aliphatic hydroxyl groups is 1. The highest BCUT2D eigenvalue weighted by atomic mass is 16.5. The molecule has 216 valence electrons. The molecule has 0 bridgehead atoms. The average Bonchev–Trinajstić information content (AvgIpc) is 3.18. The molecule has 0 spiro atoms. The Morgan fingerprint density at radius 2 is 1.87 bits per heavy atom. The van der Waals surface area contributed by atoms with Crippen molar-refractivity contribution in [3.05, 3.63) is 28.7 Å². The van der Waals surface area contributed by atoms with Gasteiger partial charge in [-0.25, -0.2) is 4.79 Å². The number of aryl methyl sites for hydroxylation is 1. The largest absolute Gasteiger partial charge is 0.393 e. The van der Waals surface area contributed by atoms with Crippen LogP contribution in [0.4, 0.5) is 5.69 Å². The fourth-order valence-electron chi connectivity index (χ4n) is 5.64. The summed E-state index contributed by atoms with van der Waals surface area (Å²) in [4.78, 5) is 38.2. The first-order valence-corrected chi connectivity index (χ1v) is 14.5. The number of benzene rings is 1. The third kappa shape index (κ3) is 7.29. The van der Waals surface area contributed by atoms with Gasteiger partial charge in [0, 0.05) is 45.9 Å². The molecule has 3 aliphatic rings. The molecule has 1 amide bonds. The van der Waals surface area contributed by atoms with E-state index in [0.29, 0.717) is 11.6 Å². The molecule has 2 aromatic rings. The maximum Gasteiger partial charge on any atom is 0.329 e. The van der Waals surface area contributed by atoms with Crippen molar-refractivity contribution in [1.82, 2.24) is 19.8 Å². The van der Waals surface area contributed by atoms with Crippen molar-refractivity contribution in [3.8, 4) is 0 Å². The number of fused-ring (bicyclic) bond motifs is 1. The van der Waals surface area contributed by atoms with E-state index in [0.717, 1.165) is 69.0 Å². The molecule has 1 aromatic carbocycles. The van der Waals surface area contributed by atoms with Crippen LogP contribution in [0.2, 0.25) is 0 Å². The van der Waals surface area contributed by atoms with Crippen molar-refractivity contribution in [2.45, 2.75) is 76.0 Å². The van der Waals surface area contributed by atoms with E-state index in [2.05, 4.69) is 15.5 Å². The number of likely N-dealkylation sites (N-methyl/N-ethyl adjacent to an activating group) is 1. The maximum absolute atomic E-state index is 12.9. The Morgan fingerprint density at radius 3 is 2.49 bits per heavy atom. The van der Waals surface area contributed by atoms with E-state index >= 15 is 0 Å². The molecule has 0 radical (unpaired) electrons. The Hall–Kier alpha value is -2.69. The van der Waals surface area contributed by atoms with Gasteiger partial charge in [-0.15, -0.1) is 0 Å². The average molecular weight is 544 g/mol. The van der Waals surface area contributed by atoms with Gasteiger partial charge in [-0.3, -0.25) is 13.9 Å². The number of rotatable bonds is 9. The Morgan fingerprint density at radius 1 is 1.15 bits per heavy atom. The Labute approximate surface area is 230 Å². The van der Waals surface area contributed by atoms with Crippen molar-refractivity contribution in [1.29, 1.82) is 0 Å². The van der Waals surface area contributed by atoms with Crippen molar-refractivity contribution in [3.63, 3.8) is 0 Å². The fraction of sp³-hybridized carbons (Fsp3) is 0.690. The minimum atomic E-state index is -0.729. The number of aliphatic hydroxyl groups excluding tert-OH is 1. The number of aldehydes is 1. The minimum Gasteiger partial charge on any atom is -0.393 e.